The van der Waals surface area contributed by atoms with Gasteiger partial charge in [-0.15, -0.1) is 0 Å². The maximum Gasteiger partial charge on any atom is 0.313 e. The van der Waals surface area contributed by atoms with Crippen LogP contribution in [0.2, 0.25) is 0 Å². The molecule has 0 amide bonds. The van der Waals surface area contributed by atoms with Crippen LogP contribution in [0, 0.1) is 0 Å². The summed E-state index contributed by atoms with van der Waals surface area (Å²) >= 11 is 0. The predicted molar refractivity (Wildman–Crippen MR) is 58.5 cm³/mol. The molecule has 0 radical (unpaired) electrons. The van der Waals surface area contributed by atoms with Gasteiger partial charge in [0.2, 0.25) is 0 Å². The van der Waals surface area contributed by atoms with Crippen LogP contribution < -0.4 is 0 Å². The third-order valence-electron chi connectivity index (χ3n) is 2.77. The number of aromatic hydroxyl groups is 1. The molecule has 0 saturated carbocycles. The first kappa shape index (κ1) is 10.5. The van der Waals surface area contributed by atoms with Gasteiger partial charge in [-0.2, -0.15) is 0 Å². The van der Waals surface area contributed by atoms with Gasteiger partial charge in [0.15, 0.2) is 0 Å². The van der Waals surface area contributed by atoms with Crippen LogP contribution in [0.25, 0.3) is 11.0 Å². The summed E-state index contributed by atoms with van der Waals surface area (Å²) in [6.45, 7) is 3.24. The van der Waals surface area contributed by atoms with Crippen molar-refractivity contribution in [3.8, 4) is 5.75 Å². The van der Waals surface area contributed by atoms with E-state index in [0.717, 1.165) is 0 Å². The van der Waals surface area contributed by atoms with Crippen molar-refractivity contribution in [1.29, 1.82) is 0 Å². The molecule has 0 aliphatic rings. The van der Waals surface area contributed by atoms with Crippen LogP contribution in [0.1, 0.15) is 19.4 Å². The Kier molecular flexibility index (Phi) is 2.15. The van der Waals surface area contributed by atoms with Crippen molar-refractivity contribution in [2.75, 3.05) is 0 Å². The number of hydrogen-bond donors (Lipinski definition) is 2. The van der Waals surface area contributed by atoms with Crippen LogP contribution in [-0.4, -0.2) is 16.2 Å². The van der Waals surface area contributed by atoms with Crippen molar-refractivity contribution in [3.63, 3.8) is 0 Å². The van der Waals surface area contributed by atoms with E-state index in [0.29, 0.717) is 16.5 Å². The number of carbonyl (C=O) groups is 1. The van der Waals surface area contributed by atoms with Crippen molar-refractivity contribution in [2.24, 2.45) is 0 Å². The molecule has 1 aromatic carbocycles. The van der Waals surface area contributed by atoms with Gasteiger partial charge in [0.25, 0.3) is 0 Å². The SMILES string of the molecule is CC(C)(C(=O)O)c1coc2cc(O)ccc12. The number of carboxylic acid groups (broad SMARTS) is 1. The smallest absolute Gasteiger partial charge is 0.313 e. The molecule has 0 aliphatic carbocycles. The Morgan fingerprint density at radius 2 is 2.06 bits per heavy atom. The largest absolute Gasteiger partial charge is 0.508 e. The molecule has 4 nitrogen and oxygen atoms in total. The summed E-state index contributed by atoms with van der Waals surface area (Å²) in [6.07, 6.45) is 1.43. The van der Waals surface area contributed by atoms with E-state index in [4.69, 9.17) is 9.52 Å². The van der Waals surface area contributed by atoms with Gasteiger partial charge in [-0.25, -0.2) is 0 Å². The third kappa shape index (κ3) is 1.43. The minimum absolute atomic E-state index is 0.0986. The number of hydrogen-bond acceptors (Lipinski definition) is 3. The zero-order valence-electron chi connectivity index (χ0n) is 9.02. The fraction of sp³-hybridized carbons (Fsp3) is 0.250. The van der Waals surface area contributed by atoms with Crippen LogP contribution in [-0.2, 0) is 10.2 Å². The van der Waals surface area contributed by atoms with E-state index < -0.39 is 11.4 Å². The topological polar surface area (TPSA) is 70.7 Å². The van der Waals surface area contributed by atoms with Crippen molar-refractivity contribution in [3.05, 3.63) is 30.0 Å². The van der Waals surface area contributed by atoms with Gasteiger partial charge in [-0.05, 0) is 26.0 Å². The van der Waals surface area contributed by atoms with Crippen LogP contribution in [0.15, 0.2) is 28.9 Å². The lowest BCUT2D eigenvalue weighted by atomic mass is 9.85. The zero-order chi connectivity index (χ0) is 11.9. The van der Waals surface area contributed by atoms with Crippen LogP contribution in [0.4, 0.5) is 0 Å². The summed E-state index contributed by atoms with van der Waals surface area (Å²) in [5.41, 5.74) is 0.0849. The molecule has 2 rings (SSSR count). The summed E-state index contributed by atoms with van der Waals surface area (Å²) in [4.78, 5) is 11.1. The minimum atomic E-state index is -1.01. The quantitative estimate of drug-likeness (QED) is 0.815. The van der Waals surface area contributed by atoms with E-state index in [9.17, 15) is 9.90 Å². The molecule has 84 valence electrons. The van der Waals surface area contributed by atoms with E-state index in [1.165, 1.54) is 18.4 Å². The summed E-state index contributed by atoms with van der Waals surface area (Å²) in [6, 6.07) is 4.64. The lowest BCUT2D eigenvalue weighted by molar-refractivity contribution is -0.142. The molecule has 1 aromatic heterocycles. The number of carboxylic acids is 1. The lowest BCUT2D eigenvalue weighted by Crippen LogP contribution is -2.28. The summed E-state index contributed by atoms with van der Waals surface area (Å²) in [5.74, 6) is -0.815. The maximum atomic E-state index is 11.1. The van der Waals surface area contributed by atoms with E-state index >= 15 is 0 Å². The van der Waals surface area contributed by atoms with Crippen molar-refractivity contribution >= 4 is 16.9 Å². The van der Waals surface area contributed by atoms with Crippen molar-refractivity contribution in [2.45, 2.75) is 19.3 Å². The van der Waals surface area contributed by atoms with Crippen LogP contribution in [0.5, 0.6) is 5.75 Å². The molecule has 4 heteroatoms. The second-order valence-electron chi connectivity index (χ2n) is 4.26. The number of phenolic OH excluding ortho intramolecular Hbond substituents is 1. The Labute approximate surface area is 92.1 Å². The molecule has 2 N–H and O–H groups in total. The fourth-order valence-electron chi connectivity index (χ4n) is 1.62. The van der Waals surface area contributed by atoms with E-state index in [2.05, 4.69) is 0 Å². The van der Waals surface area contributed by atoms with Crippen molar-refractivity contribution in [1.82, 2.24) is 0 Å². The number of phenols is 1. The molecule has 0 bridgehead atoms. The van der Waals surface area contributed by atoms with Gasteiger partial charge in [-0.1, -0.05) is 0 Å². The monoisotopic (exact) mass is 220 g/mol. The average Bonchev–Trinajstić information content (AvgIpc) is 2.60. The molecule has 0 saturated heterocycles. The highest BCUT2D eigenvalue weighted by atomic mass is 16.4. The molecular formula is C12H12O4. The number of furan rings is 1. The molecule has 0 fully saturated rings. The molecule has 2 aromatic rings. The number of benzene rings is 1. The van der Waals surface area contributed by atoms with Gasteiger partial charge in [0, 0.05) is 17.0 Å². The number of rotatable bonds is 2. The Balaban J connectivity index is 2.67. The van der Waals surface area contributed by atoms with E-state index in [-0.39, 0.29) is 5.75 Å². The Morgan fingerprint density at radius 3 is 2.69 bits per heavy atom. The highest BCUT2D eigenvalue weighted by Gasteiger charge is 2.32. The van der Waals surface area contributed by atoms with Gasteiger partial charge in [0.1, 0.15) is 11.3 Å². The normalized spacial score (nSPS) is 11.9. The standard InChI is InChI=1S/C12H12O4/c1-12(2,11(14)15)9-6-16-10-5-7(13)3-4-8(9)10/h3-6,13H,1-2H3,(H,14,15). The number of fused-ring (bicyclic) bond motifs is 1. The summed E-state index contributed by atoms with van der Waals surface area (Å²) in [7, 11) is 0. The zero-order valence-corrected chi connectivity index (χ0v) is 9.02. The predicted octanol–water partition coefficient (Wildman–Crippen LogP) is 2.50. The van der Waals surface area contributed by atoms with E-state index in [1.54, 1.807) is 19.9 Å². The first-order chi connectivity index (χ1) is 7.43. The molecule has 16 heavy (non-hydrogen) atoms. The second-order valence-corrected chi connectivity index (χ2v) is 4.26. The molecule has 0 unspecified atom stereocenters. The average molecular weight is 220 g/mol. The molecule has 1 heterocycles. The summed E-state index contributed by atoms with van der Waals surface area (Å²) in [5, 5.41) is 19.1. The Morgan fingerprint density at radius 1 is 1.38 bits per heavy atom. The first-order valence-corrected chi connectivity index (χ1v) is 4.87. The van der Waals surface area contributed by atoms with Gasteiger partial charge in [-0.3, -0.25) is 4.79 Å². The second kappa shape index (κ2) is 3.27. The van der Waals surface area contributed by atoms with Gasteiger partial charge < -0.3 is 14.6 Å². The Bertz CT molecular complexity index is 551. The molecular weight excluding hydrogens is 208 g/mol. The van der Waals surface area contributed by atoms with Crippen LogP contribution >= 0.6 is 0 Å². The minimum Gasteiger partial charge on any atom is -0.508 e. The fourth-order valence-corrected chi connectivity index (χ4v) is 1.62. The number of aliphatic carboxylic acids is 1. The molecule has 0 spiro atoms. The van der Waals surface area contributed by atoms with Crippen molar-refractivity contribution < 1.29 is 19.4 Å². The lowest BCUT2D eigenvalue weighted by Gasteiger charge is -2.17. The Hall–Kier alpha value is -1.97. The highest BCUT2D eigenvalue weighted by Crippen LogP contribution is 2.33. The molecule has 0 atom stereocenters. The van der Waals surface area contributed by atoms with Gasteiger partial charge in [0.05, 0.1) is 11.7 Å². The first-order valence-electron chi connectivity index (χ1n) is 4.87. The summed E-state index contributed by atoms with van der Waals surface area (Å²) < 4.78 is 5.24. The van der Waals surface area contributed by atoms with Gasteiger partial charge >= 0.3 is 5.97 Å². The maximum absolute atomic E-state index is 11.1. The highest BCUT2D eigenvalue weighted by molar-refractivity contribution is 5.90. The van der Waals surface area contributed by atoms with E-state index in [1.807, 2.05) is 0 Å². The third-order valence-corrected chi connectivity index (χ3v) is 2.77. The molecule has 0 aliphatic heterocycles. The van der Waals surface area contributed by atoms with Crippen LogP contribution in [0.3, 0.4) is 0 Å².